The fourth-order valence-corrected chi connectivity index (χ4v) is 1.24. The predicted octanol–water partition coefficient (Wildman–Crippen LogP) is 0.0849. The molecule has 1 heterocycles. The minimum absolute atomic E-state index is 0.308. The molecule has 0 spiro atoms. The Morgan fingerprint density at radius 2 is 1.86 bits per heavy atom. The Balaban J connectivity index is 2.83. The SMILES string of the molecule is CCCN(C(C)=O)N1C(=O)C=CC1=O. The number of hydrogen-bond acceptors (Lipinski definition) is 3. The molecule has 0 saturated carbocycles. The van der Waals surface area contributed by atoms with Gasteiger partial charge in [0.15, 0.2) is 0 Å². The maximum Gasteiger partial charge on any atom is 0.272 e. The molecular weight excluding hydrogens is 184 g/mol. The number of hydrogen-bond donors (Lipinski definition) is 0. The number of amides is 3. The number of carbonyl (C=O) groups is 3. The lowest BCUT2D eigenvalue weighted by molar-refractivity contribution is -0.165. The molecule has 1 aliphatic heterocycles. The normalized spacial score (nSPS) is 15.1. The molecule has 0 aromatic rings. The van der Waals surface area contributed by atoms with E-state index in [0.717, 1.165) is 22.2 Å². The first-order valence-electron chi connectivity index (χ1n) is 4.42. The highest BCUT2D eigenvalue weighted by Gasteiger charge is 2.30. The second-order valence-corrected chi connectivity index (χ2v) is 2.96. The van der Waals surface area contributed by atoms with Crippen molar-refractivity contribution in [1.29, 1.82) is 0 Å². The number of hydrazine groups is 1. The Bertz CT molecular complexity index is 291. The minimum atomic E-state index is -0.460. The third kappa shape index (κ3) is 1.81. The van der Waals surface area contributed by atoms with Crippen LogP contribution in [0.5, 0.6) is 0 Å². The van der Waals surface area contributed by atoms with Crippen LogP contribution in [0.4, 0.5) is 0 Å². The van der Waals surface area contributed by atoms with Crippen molar-refractivity contribution in [1.82, 2.24) is 10.0 Å². The van der Waals surface area contributed by atoms with Crippen molar-refractivity contribution in [2.45, 2.75) is 20.3 Å². The summed E-state index contributed by atoms with van der Waals surface area (Å²) in [4.78, 5) is 33.6. The highest BCUT2D eigenvalue weighted by Crippen LogP contribution is 2.09. The second kappa shape index (κ2) is 4.04. The summed E-state index contributed by atoms with van der Waals surface area (Å²) in [5, 5.41) is 2.02. The summed E-state index contributed by atoms with van der Waals surface area (Å²) < 4.78 is 0. The Morgan fingerprint density at radius 1 is 1.36 bits per heavy atom. The summed E-state index contributed by atoms with van der Waals surface area (Å²) in [6.07, 6.45) is 3.01. The van der Waals surface area contributed by atoms with Gasteiger partial charge >= 0.3 is 0 Å². The maximum absolute atomic E-state index is 11.2. The lowest BCUT2D eigenvalue weighted by Gasteiger charge is -2.28. The van der Waals surface area contributed by atoms with E-state index in [4.69, 9.17) is 0 Å². The number of rotatable bonds is 3. The fourth-order valence-electron chi connectivity index (χ4n) is 1.24. The number of nitrogens with zero attached hydrogens (tertiary/aromatic N) is 2. The molecule has 0 N–H and O–H groups in total. The summed E-state index contributed by atoms with van der Waals surface area (Å²) in [5.41, 5.74) is 0. The summed E-state index contributed by atoms with van der Waals surface area (Å²) >= 11 is 0. The molecule has 0 bridgehead atoms. The predicted molar refractivity (Wildman–Crippen MR) is 48.7 cm³/mol. The first-order valence-corrected chi connectivity index (χ1v) is 4.42. The van der Waals surface area contributed by atoms with Crippen LogP contribution >= 0.6 is 0 Å². The molecule has 0 radical (unpaired) electrons. The number of carbonyl (C=O) groups excluding carboxylic acids is 3. The molecule has 0 unspecified atom stereocenters. The van der Waals surface area contributed by atoms with E-state index in [9.17, 15) is 14.4 Å². The Kier molecular flexibility index (Phi) is 3.01. The van der Waals surface area contributed by atoms with Crippen LogP contribution in [0.1, 0.15) is 20.3 Å². The zero-order chi connectivity index (χ0) is 10.7. The lowest BCUT2D eigenvalue weighted by atomic mass is 10.4. The van der Waals surface area contributed by atoms with E-state index < -0.39 is 11.8 Å². The second-order valence-electron chi connectivity index (χ2n) is 2.96. The van der Waals surface area contributed by atoms with Crippen molar-refractivity contribution in [3.63, 3.8) is 0 Å². The van der Waals surface area contributed by atoms with Crippen LogP contribution in [0.2, 0.25) is 0 Å². The maximum atomic E-state index is 11.2. The molecule has 1 rings (SSSR count). The molecule has 76 valence electrons. The van der Waals surface area contributed by atoms with Gasteiger partial charge in [-0.1, -0.05) is 6.92 Å². The van der Waals surface area contributed by atoms with Crippen LogP contribution < -0.4 is 0 Å². The zero-order valence-electron chi connectivity index (χ0n) is 8.19. The van der Waals surface area contributed by atoms with Crippen LogP contribution in [0.15, 0.2) is 12.2 Å². The third-order valence-electron chi connectivity index (χ3n) is 1.83. The smallest absolute Gasteiger partial charge is 0.272 e. The van der Waals surface area contributed by atoms with Crippen LogP contribution in [-0.4, -0.2) is 34.3 Å². The average molecular weight is 196 g/mol. The fraction of sp³-hybridized carbons (Fsp3) is 0.444. The van der Waals surface area contributed by atoms with E-state index in [1.165, 1.54) is 6.92 Å². The van der Waals surface area contributed by atoms with E-state index in [2.05, 4.69) is 0 Å². The Labute approximate surface area is 81.9 Å². The topological polar surface area (TPSA) is 57.7 Å². The van der Waals surface area contributed by atoms with Gasteiger partial charge in [-0.05, 0) is 6.42 Å². The highest BCUT2D eigenvalue weighted by molar-refractivity contribution is 6.13. The highest BCUT2D eigenvalue weighted by atomic mass is 16.2. The first-order chi connectivity index (χ1) is 6.57. The zero-order valence-corrected chi connectivity index (χ0v) is 8.19. The molecule has 0 aliphatic carbocycles. The van der Waals surface area contributed by atoms with Gasteiger partial charge in [-0.2, -0.15) is 5.01 Å². The van der Waals surface area contributed by atoms with E-state index in [-0.39, 0.29) is 5.91 Å². The molecule has 5 nitrogen and oxygen atoms in total. The molecule has 5 heteroatoms. The molecular formula is C9H12N2O3. The van der Waals surface area contributed by atoms with Gasteiger partial charge in [0.2, 0.25) is 5.91 Å². The molecule has 3 amide bonds. The molecule has 0 atom stereocenters. The third-order valence-corrected chi connectivity index (χ3v) is 1.83. The van der Waals surface area contributed by atoms with Crippen molar-refractivity contribution >= 4 is 17.7 Å². The number of imide groups is 1. The first kappa shape index (κ1) is 10.4. The Hall–Kier alpha value is -1.65. The van der Waals surface area contributed by atoms with E-state index in [1.807, 2.05) is 6.92 Å². The van der Waals surface area contributed by atoms with E-state index in [1.54, 1.807) is 0 Å². The lowest BCUT2D eigenvalue weighted by Crippen LogP contribution is -2.49. The standard InChI is InChI=1S/C9H12N2O3/c1-3-6-10(7(2)12)11-8(13)4-5-9(11)14/h4-5H,3,6H2,1-2H3. The average Bonchev–Trinajstić information content (AvgIpc) is 2.43. The van der Waals surface area contributed by atoms with Gasteiger partial charge in [-0.15, -0.1) is 0 Å². The molecule has 0 saturated heterocycles. The van der Waals surface area contributed by atoms with Crippen molar-refractivity contribution in [2.24, 2.45) is 0 Å². The van der Waals surface area contributed by atoms with Gasteiger partial charge in [0.1, 0.15) is 0 Å². The quantitative estimate of drug-likeness (QED) is 0.601. The molecule has 1 aliphatic rings. The van der Waals surface area contributed by atoms with Crippen LogP contribution in [0, 0.1) is 0 Å². The Morgan fingerprint density at radius 3 is 2.21 bits per heavy atom. The van der Waals surface area contributed by atoms with Gasteiger partial charge in [0.05, 0.1) is 0 Å². The van der Waals surface area contributed by atoms with Crippen molar-refractivity contribution in [2.75, 3.05) is 6.54 Å². The van der Waals surface area contributed by atoms with Crippen LogP contribution in [-0.2, 0) is 14.4 Å². The van der Waals surface area contributed by atoms with Gasteiger partial charge in [-0.3, -0.25) is 14.4 Å². The summed E-state index contributed by atoms with van der Waals surface area (Å²) in [5.74, 6) is -1.23. The summed E-state index contributed by atoms with van der Waals surface area (Å²) in [6, 6.07) is 0. The van der Waals surface area contributed by atoms with Crippen molar-refractivity contribution < 1.29 is 14.4 Å². The summed E-state index contributed by atoms with van der Waals surface area (Å²) in [6.45, 7) is 3.57. The van der Waals surface area contributed by atoms with E-state index in [0.29, 0.717) is 13.0 Å². The van der Waals surface area contributed by atoms with Gasteiger partial charge < -0.3 is 0 Å². The van der Waals surface area contributed by atoms with Gasteiger partial charge in [-0.25, -0.2) is 5.01 Å². The van der Waals surface area contributed by atoms with Gasteiger partial charge in [0, 0.05) is 25.6 Å². The molecule has 0 aromatic carbocycles. The van der Waals surface area contributed by atoms with Crippen molar-refractivity contribution in [3.05, 3.63) is 12.2 Å². The molecule has 0 fully saturated rings. The molecule has 0 aromatic heterocycles. The largest absolute Gasteiger partial charge is 0.273 e. The van der Waals surface area contributed by atoms with E-state index >= 15 is 0 Å². The van der Waals surface area contributed by atoms with Crippen LogP contribution in [0.3, 0.4) is 0 Å². The van der Waals surface area contributed by atoms with Gasteiger partial charge in [0.25, 0.3) is 11.8 Å². The summed E-state index contributed by atoms with van der Waals surface area (Å²) in [7, 11) is 0. The minimum Gasteiger partial charge on any atom is -0.273 e. The monoisotopic (exact) mass is 196 g/mol. The van der Waals surface area contributed by atoms with Crippen LogP contribution in [0.25, 0.3) is 0 Å². The molecule has 14 heavy (non-hydrogen) atoms. The van der Waals surface area contributed by atoms with Crippen molar-refractivity contribution in [3.8, 4) is 0 Å².